The van der Waals surface area contributed by atoms with E-state index in [0.29, 0.717) is 29.2 Å². The third-order valence-corrected chi connectivity index (χ3v) is 2.84. The normalized spacial score (nSPS) is 10.8. The zero-order valence-corrected chi connectivity index (χ0v) is 10.8. The summed E-state index contributed by atoms with van der Waals surface area (Å²) in [6.07, 6.45) is 1.67. The molecule has 2 aromatic heterocycles. The lowest BCUT2D eigenvalue weighted by Crippen LogP contribution is -2.31. The van der Waals surface area contributed by atoms with E-state index < -0.39 is 0 Å². The van der Waals surface area contributed by atoms with Crippen LogP contribution in [0, 0.1) is 6.92 Å². The van der Waals surface area contributed by atoms with Gasteiger partial charge in [-0.3, -0.25) is 14.7 Å². The molecule has 96 valence electrons. The monoisotopic (exact) mass is 266 g/mol. The summed E-state index contributed by atoms with van der Waals surface area (Å²) >= 11 is 4.00. The number of amides is 1. The van der Waals surface area contributed by atoms with E-state index in [1.54, 1.807) is 19.2 Å². The van der Waals surface area contributed by atoms with Crippen LogP contribution in [-0.2, 0) is 11.2 Å². The van der Waals surface area contributed by atoms with Gasteiger partial charge in [-0.05, 0) is 6.92 Å². The van der Waals surface area contributed by atoms with Crippen LogP contribution in [-0.4, -0.2) is 32.8 Å². The van der Waals surface area contributed by atoms with Crippen molar-refractivity contribution >= 4 is 24.2 Å². The van der Waals surface area contributed by atoms with Gasteiger partial charge in [-0.2, -0.15) is 12.6 Å². The van der Waals surface area contributed by atoms with E-state index in [1.807, 2.05) is 0 Å². The molecule has 0 unspecified atom stereocenters. The highest BCUT2D eigenvalue weighted by Gasteiger charge is 2.13. The number of aryl methyl sites for hydroxylation is 1. The van der Waals surface area contributed by atoms with Crippen molar-refractivity contribution in [2.45, 2.75) is 13.3 Å². The number of carbonyl (C=O) groups excluding carboxylic acids is 1. The summed E-state index contributed by atoms with van der Waals surface area (Å²) in [6, 6.07) is 1.71. The standard InChI is InChI=1S/C11H14N4O2S/c1-7-8(6-10(16)12-4-5-18)11(17)15-9(14-7)2-3-13-15/h2-3,13,18H,4-6H2,1H3,(H,12,16). The number of H-pyrrole nitrogens is 1. The van der Waals surface area contributed by atoms with Crippen LogP contribution < -0.4 is 10.9 Å². The maximum Gasteiger partial charge on any atom is 0.276 e. The van der Waals surface area contributed by atoms with Crippen LogP contribution >= 0.6 is 12.6 Å². The summed E-state index contributed by atoms with van der Waals surface area (Å²) in [6.45, 7) is 2.22. The van der Waals surface area contributed by atoms with Crippen LogP contribution in [0.4, 0.5) is 0 Å². The Morgan fingerprint density at radius 1 is 1.61 bits per heavy atom. The molecule has 0 aliphatic rings. The van der Waals surface area contributed by atoms with E-state index in [1.165, 1.54) is 4.52 Å². The van der Waals surface area contributed by atoms with Crippen molar-refractivity contribution in [1.82, 2.24) is 19.9 Å². The smallest absolute Gasteiger partial charge is 0.276 e. The van der Waals surface area contributed by atoms with E-state index in [4.69, 9.17) is 0 Å². The van der Waals surface area contributed by atoms with E-state index >= 15 is 0 Å². The number of carbonyl (C=O) groups is 1. The molecule has 7 heteroatoms. The van der Waals surface area contributed by atoms with Crippen LogP contribution in [0.5, 0.6) is 0 Å². The fourth-order valence-corrected chi connectivity index (χ4v) is 1.84. The van der Waals surface area contributed by atoms with Gasteiger partial charge in [-0.15, -0.1) is 0 Å². The summed E-state index contributed by atoms with van der Waals surface area (Å²) in [5, 5.41) is 5.45. The molecule has 0 saturated carbocycles. The first-order valence-corrected chi connectivity index (χ1v) is 6.20. The number of aromatic amines is 1. The number of thiol groups is 1. The molecule has 0 aromatic carbocycles. The first kappa shape index (κ1) is 12.7. The third-order valence-electron chi connectivity index (χ3n) is 2.62. The lowest BCUT2D eigenvalue weighted by atomic mass is 10.1. The maximum atomic E-state index is 12.1. The van der Waals surface area contributed by atoms with Crippen LogP contribution in [0.2, 0.25) is 0 Å². The molecule has 18 heavy (non-hydrogen) atoms. The van der Waals surface area contributed by atoms with Crippen LogP contribution in [0.15, 0.2) is 17.1 Å². The van der Waals surface area contributed by atoms with Gasteiger partial charge in [0.2, 0.25) is 5.91 Å². The average Bonchev–Trinajstić information content (AvgIpc) is 2.80. The lowest BCUT2D eigenvalue weighted by Gasteiger charge is -2.06. The Balaban J connectivity index is 2.32. The molecule has 0 aliphatic carbocycles. The van der Waals surface area contributed by atoms with E-state index in [0.717, 1.165) is 0 Å². The Labute approximate surface area is 109 Å². The number of nitrogens with zero attached hydrogens (tertiary/aromatic N) is 2. The van der Waals surface area contributed by atoms with Gasteiger partial charge in [0.15, 0.2) is 5.65 Å². The van der Waals surface area contributed by atoms with Gasteiger partial charge >= 0.3 is 0 Å². The predicted octanol–water partition coefficient (Wildman–Crippen LogP) is -0.0805. The largest absolute Gasteiger partial charge is 0.355 e. The van der Waals surface area contributed by atoms with Crippen molar-refractivity contribution < 1.29 is 4.79 Å². The molecule has 0 aliphatic heterocycles. The minimum Gasteiger partial charge on any atom is -0.355 e. The van der Waals surface area contributed by atoms with Gasteiger partial charge in [-0.1, -0.05) is 0 Å². The Morgan fingerprint density at radius 2 is 2.39 bits per heavy atom. The van der Waals surface area contributed by atoms with Gasteiger partial charge in [0.05, 0.1) is 6.42 Å². The number of fused-ring (bicyclic) bond motifs is 1. The molecular weight excluding hydrogens is 252 g/mol. The molecule has 2 rings (SSSR count). The Hall–Kier alpha value is -1.76. The molecule has 2 aromatic rings. The maximum absolute atomic E-state index is 12.1. The van der Waals surface area contributed by atoms with Gasteiger partial charge in [0.25, 0.3) is 5.56 Å². The fourth-order valence-electron chi connectivity index (χ4n) is 1.73. The van der Waals surface area contributed by atoms with Crippen molar-refractivity contribution in [1.29, 1.82) is 0 Å². The summed E-state index contributed by atoms with van der Waals surface area (Å²) in [5.41, 5.74) is 1.31. The molecule has 6 nitrogen and oxygen atoms in total. The number of hydrogen-bond acceptors (Lipinski definition) is 4. The summed E-state index contributed by atoms with van der Waals surface area (Å²) in [5.74, 6) is 0.370. The first-order valence-electron chi connectivity index (χ1n) is 5.56. The molecular formula is C11H14N4O2S. The second-order valence-corrected chi connectivity index (χ2v) is 4.33. The van der Waals surface area contributed by atoms with Gasteiger partial charge in [0, 0.05) is 35.8 Å². The summed E-state index contributed by atoms with van der Waals surface area (Å²) in [4.78, 5) is 28.0. The van der Waals surface area contributed by atoms with E-state index in [2.05, 4.69) is 28.0 Å². The van der Waals surface area contributed by atoms with Gasteiger partial charge < -0.3 is 5.32 Å². The first-order chi connectivity index (χ1) is 8.63. The highest BCUT2D eigenvalue weighted by Crippen LogP contribution is 2.03. The molecule has 0 fully saturated rings. The van der Waals surface area contributed by atoms with Crippen molar-refractivity contribution in [3.05, 3.63) is 33.9 Å². The number of aromatic nitrogens is 3. The van der Waals surface area contributed by atoms with Crippen molar-refractivity contribution in [3.63, 3.8) is 0 Å². The molecule has 0 spiro atoms. The quantitative estimate of drug-likeness (QED) is 0.677. The zero-order valence-electron chi connectivity index (χ0n) is 9.93. The molecule has 0 atom stereocenters. The highest BCUT2D eigenvalue weighted by atomic mass is 32.1. The Morgan fingerprint density at radius 3 is 3.11 bits per heavy atom. The highest BCUT2D eigenvalue weighted by molar-refractivity contribution is 7.80. The van der Waals surface area contributed by atoms with Gasteiger partial charge in [-0.25, -0.2) is 9.50 Å². The molecule has 0 saturated heterocycles. The van der Waals surface area contributed by atoms with Crippen LogP contribution in [0.1, 0.15) is 11.3 Å². The van der Waals surface area contributed by atoms with Crippen molar-refractivity contribution in [2.75, 3.05) is 12.3 Å². The average molecular weight is 266 g/mol. The molecule has 0 radical (unpaired) electrons. The number of nitrogens with one attached hydrogen (secondary N) is 2. The Bertz CT molecular complexity index is 631. The fraction of sp³-hybridized carbons (Fsp3) is 0.364. The topological polar surface area (TPSA) is 79.3 Å². The molecule has 0 bridgehead atoms. The van der Waals surface area contributed by atoms with Crippen molar-refractivity contribution in [2.24, 2.45) is 0 Å². The number of hydrogen-bond donors (Lipinski definition) is 3. The second kappa shape index (κ2) is 5.26. The SMILES string of the molecule is Cc1nc2cc[nH]n2c(=O)c1CC(=O)NCCS. The zero-order chi connectivity index (χ0) is 13.1. The lowest BCUT2D eigenvalue weighted by molar-refractivity contribution is -0.120. The second-order valence-electron chi connectivity index (χ2n) is 3.89. The van der Waals surface area contributed by atoms with Crippen molar-refractivity contribution in [3.8, 4) is 0 Å². The third kappa shape index (κ3) is 2.40. The summed E-state index contributed by atoms with van der Waals surface area (Å²) in [7, 11) is 0. The minimum atomic E-state index is -0.233. The van der Waals surface area contributed by atoms with Crippen LogP contribution in [0.3, 0.4) is 0 Å². The molecule has 2 heterocycles. The van der Waals surface area contributed by atoms with Crippen LogP contribution in [0.25, 0.3) is 5.65 Å². The minimum absolute atomic E-state index is 0.0351. The van der Waals surface area contributed by atoms with Gasteiger partial charge in [0.1, 0.15) is 0 Å². The molecule has 1 amide bonds. The molecule has 2 N–H and O–H groups in total. The summed E-state index contributed by atoms with van der Waals surface area (Å²) < 4.78 is 1.33. The van der Waals surface area contributed by atoms with E-state index in [-0.39, 0.29) is 17.9 Å². The number of rotatable bonds is 4. The van der Waals surface area contributed by atoms with E-state index in [9.17, 15) is 9.59 Å². The predicted molar refractivity (Wildman–Crippen MR) is 71.1 cm³/mol. The Kier molecular flexibility index (Phi) is 3.71.